The highest BCUT2D eigenvalue weighted by atomic mass is 32.1. The topological polar surface area (TPSA) is 51.7 Å². The number of pyridine rings is 1. The van der Waals surface area contributed by atoms with E-state index >= 15 is 0 Å². The molecular weight excluding hydrogens is 468 g/mol. The van der Waals surface area contributed by atoms with E-state index in [-0.39, 0.29) is 12.0 Å². The van der Waals surface area contributed by atoms with E-state index in [1.807, 2.05) is 58.8 Å². The molecule has 0 fully saturated rings. The zero-order valence-corrected chi connectivity index (χ0v) is 21.0. The number of hydrogen-bond donors (Lipinski definition) is 0. The Morgan fingerprint density at radius 1 is 0.972 bits per heavy atom. The fourth-order valence-corrected chi connectivity index (χ4v) is 5.09. The van der Waals surface area contributed by atoms with Crippen LogP contribution in [-0.2, 0) is 30.7 Å². The first kappa shape index (κ1) is 23.8. The van der Waals surface area contributed by atoms with E-state index < -0.39 is 0 Å². The van der Waals surface area contributed by atoms with Crippen LogP contribution in [-0.4, -0.2) is 29.0 Å². The van der Waals surface area contributed by atoms with Gasteiger partial charge in [0.05, 0.1) is 7.11 Å². The minimum absolute atomic E-state index is 0.0526. The van der Waals surface area contributed by atoms with Crippen LogP contribution in [0.15, 0.2) is 90.6 Å². The summed E-state index contributed by atoms with van der Waals surface area (Å²) in [6.45, 7) is 0.929. The van der Waals surface area contributed by atoms with Gasteiger partial charge in [-0.05, 0) is 64.0 Å². The van der Waals surface area contributed by atoms with Crippen molar-refractivity contribution in [3.8, 4) is 11.5 Å². The predicted octanol–water partition coefficient (Wildman–Crippen LogP) is 5.94. The molecule has 0 spiro atoms. The third-order valence-corrected chi connectivity index (χ3v) is 7.11. The van der Waals surface area contributed by atoms with Crippen molar-refractivity contribution >= 4 is 23.3 Å². The van der Waals surface area contributed by atoms with Gasteiger partial charge in [0.2, 0.25) is 5.91 Å². The predicted molar refractivity (Wildman–Crippen MR) is 143 cm³/mol. The highest BCUT2D eigenvalue weighted by molar-refractivity contribution is 7.10. The number of methoxy groups -OCH3 is 1. The normalized spacial score (nSPS) is 13.0. The highest BCUT2D eigenvalue weighted by Crippen LogP contribution is 2.33. The summed E-state index contributed by atoms with van der Waals surface area (Å²) in [5.41, 5.74) is 4.69. The molecule has 1 aliphatic rings. The molecular formula is C30H28N2O3S. The first-order valence-corrected chi connectivity index (χ1v) is 12.9. The fourth-order valence-electron chi connectivity index (χ4n) is 4.47. The molecule has 5 rings (SSSR count). The Hall–Kier alpha value is -3.90. The van der Waals surface area contributed by atoms with Crippen molar-refractivity contribution in [2.45, 2.75) is 32.0 Å². The largest absolute Gasteiger partial charge is 0.493 e. The fraction of sp³-hybridized carbons (Fsp3) is 0.200. The van der Waals surface area contributed by atoms with E-state index in [4.69, 9.17) is 9.47 Å². The van der Waals surface area contributed by atoms with Gasteiger partial charge in [-0.25, -0.2) is 0 Å². The molecule has 0 aliphatic heterocycles. The number of fused-ring (bicyclic) bond motifs is 1. The van der Waals surface area contributed by atoms with E-state index in [0.29, 0.717) is 18.8 Å². The van der Waals surface area contributed by atoms with Crippen LogP contribution in [0.4, 0.5) is 0 Å². The monoisotopic (exact) mass is 496 g/mol. The number of carbonyl (C=O) groups excluding carboxylic acids is 1. The molecule has 0 N–H and O–H groups in total. The van der Waals surface area contributed by atoms with Gasteiger partial charge in [0.15, 0.2) is 11.5 Å². The zero-order valence-electron chi connectivity index (χ0n) is 20.2. The van der Waals surface area contributed by atoms with Crippen LogP contribution in [0.25, 0.3) is 6.08 Å². The van der Waals surface area contributed by atoms with Crippen LogP contribution in [0.2, 0.25) is 0 Å². The summed E-state index contributed by atoms with van der Waals surface area (Å²) >= 11 is 1.60. The summed E-state index contributed by atoms with van der Waals surface area (Å²) in [7, 11) is 1.65. The lowest BCUT2D eigenvalue weighted by Crippen LogP contribution is -2.28. The van der Waals surface area contributed by atoms with Crippen LogP contribution in [0, 0.1) is 0 Å². The number of aromatic nitrogens is 1. The number of ether oxygens (including phenoxy) is 2. The second-order valence-corrected chi connectivity index (χ2v) is 9.78. The highest BCUT2D eigenvalue weighted by Gasteiger charge is 2.24. The number of carbonyl (C=O) groups is 1. The average molecular weight is 497 g/mol. The molecule has 0 radical (unpaired) electrons. The van der Waals surface area contributed by atoms with E-state index in [9.17, 15) is 4.79 Å². The maximum atomic E-state index is 13.2. The van der Waals surface area contributed by atoms with E-state index in [2.05, 4.69) is 29.2 Å². The molecule has 1 amide bonds. The van der Waals surface area contributed by atoms with Crippen LogP contribution in [0.3, 0.4) is 0 Å². The molecule has 0 saturated carbocycles. The van der Waals surface area contributed by atoms with Gasteiger partial charge in [0.25, 0.3) is 0 Å². The molecule has 2 aromatic carbocycles. The number of nitrogens with zero attached hydrogens (tertiary/aromatic N) is 2. The van der Waals surface area contributed by atoms with Gasteiger partial charge in [0, 0.05) is 49.3 Å². The molecule has 182 valence electrons. The second-order valence-electron chi connectivity index (χ2n) is 8.80. The Morgan fingerprint density at radius 2 is 1.72 bits per heavy atom. The molecule has 2 heterocycles. The Labute approximate surface area is 215 Å². The molecule has 2 aromatic heterocycles. The molecule has 36 heavy (non-hydrogen) atoms. The molecule has 0 unspecified atom stereocenters. The molecule has 0 bridgehead atoms. The summed E-state index contributed by atoms with van der Waals surface area (Å²) in [6, 6.07) is 22.2. The van der Waals surface area contributed by atoms with E-state index in [0.717, 1.165) is 34.6 Å². The Balaban J connectivity index is 1.32. The van der Waals surface area contributed by atoms with E-state index in [1.165, 1.54) is 11.1 Å². The maximum Gasteiger partial charge on any atom is 0.247 e. The summed E-state index contributed by atoms with van der Waals surface area (Å²) in [5, 5.41) is 2.00. The summed E-state index contributed by atoms with van der Waals surface area (Å²) in [5.74, 6) is 1.35. The Morgan fingerprint density at radius 3 is 2.42 bits per heavy atom. The summed E-state index contributed by atoms with van der Waals surface area (Å²) in [4.78, 5) is 20.1. The van der Waals surface area contributed by atoms with Gasteiger partial charge < -0.3 is 14.4 Å². The number of hydrogen-bond acceptors (Lipinski definition) is 5. The van der Waals surface area contributed by atoms with Crippen LogP contribution in [0.1, 0.15) is 27.1 Å². The minimum atomic E-state index is -0.0526. The first-order valence-electron chi connectivity index (χ1n) is 12.0. The minimum Gasteiger partial charge on any atom is -0.493 e. The lowest BCUT2D eigenvalue weighted by molar-refractivity contribution is -0.127. The molecule has 6 heteroatoms. The Kier molecular flexibility index (Phi) is 7.43. The first-order chi connectivity index (χ1) is 17.7. The average Bonchev–Trinajstić information content (AvgIpc) is 3.58. The van der Waals surface area contributed by atoms with Crippen molar-refractivity contribution in [2.24, 2.45) is 0 Å². The molecule has 0 atom stereocenters. The third-order valence-electron chi connectivity index (χ3n) is 6.28. The van der Waals surface area contributed by atoms with Crippen LogP contribution < -0.4 is 9.47 Å². The van der Waals surface area contributed by atoms with Gasteiger partial charge in [-0.3, -0.25) is 9.78 Å². The summed E-state index contributed by atoms with van der Waals surface area (Å²) in [6.07, 6.45) is 8.88. The molecule has 1 aliphatic carbocycles. The van der Waals surface area contributed by atoms with Gasteiger partial charge in [-0.15, -0.1) is 11.3 Å². The van der Waals surface area contributed by atoms with Crippen molar-refractivity contribution in [3.05, 3.63) is 118 Å². The summed E-state index contributed by atoms with van der Waals surface area (Å²) < 4.78 is 12.0. The van der Waals surface area contributed by atoms with Crippen LogP contribution >= 0.6 is 11.3 Å². The number of benzene rings is 2. The lowest BCUT2D eigenvalue weighted by Gasteiger charge is -2.23. The number of rotatable bonds is 9. The van der Waals surface area contributed by atoms with Gasteiger partial charge in [0.1, 0.15) is 6.10 Å². The SMILES string of the molecule is COc1cc(CN(Cc2ccncc2)C(=O)C=Cc2cccs2)ccc1OC1Cc2ccccc2C1. The quantitative estimate of drug-likeness (QED) is 0.269. The van der Waals surface area contributed by atoms with E-state index in [1.54, 1.807) is 36.9 Å². The lowest BCUT2D eigenvalue weighted by atomic mass is 10.1. The standard InChI is InChI=1S/C30H28N2O3S/c1-34-29-17-23(8-10-28(29)35-26-18-24-5-2-3-6-25(24)19-26)21-32(20-22-12-14-31-15-13-22)30(33)11-9-27-7-4-16-36-27/h2-17,26H,18-21H2,1H3. The number of thiophene rings is 1. The van der Waals surface area contributed by atoms with Gasteiger partial charge in [-0.1, -0.05) is 36.4 Å². The maximum absolute atomic E-state index is 13.2. The third kappa shape index (κ3) is 5.83. The van der Waals surface area contributed by atoms with Crippen molar-refractivity contribution in [3.63, 3.8) is 0 Å². The van der Waals surface area contributed by atoms with Crippen molar-refractivity contribution in [1.29, 1.82) is 0 Å². The van der Waals surface area contributed by atoms with Crippen molar-refractivity contribution in [2.75, 3.05) is 7.11 Å². The zero-order chi connectivity index (χ0) is 24.7. The molecule has 0 saturated heterocycles. The van der Waals surface area contributed by atoms with Crippen molar-refractivity contribution in [1.82, 2.24) is 9.88 Å². The smallest absolute Gasteiger partial charge is 0.247 e. The number of amides is 1. The molecule has 4 aromatic rings. The second kappa shape index (κ2) is 11.2. The van der Waals surface area contributed by atoms with Gasteiger partial charge >= 0.3 is 0 Å². The van der Waals surface area contributed by atoms with Crippen molar-refractivity contribution < 1.29 is 14.3 Å². The Bertz CT molecular complexity index is 1310. The van der Waals surface area contributed by atoms with Gasteiger partial charge in [-0.2, -0.15) is 0 Å². The molecule has 5 nitrogen and oxygen atoms in total. The van der Waals surface area contributed by atoms with Crippen LogP contribution in [0.5, 0.6) is 11.5 Å².